The van der Waals surface area contributed by atoms with E-state index in [1.807, 2.05) is 6.07 Å². The van der Waals surface area contributed by atoms with E-state index in [-0.39, 0.29) is 0 Å². The Bertz CT molecular complexity index is 819. The first-order valence-corrected chi connectivity index (χ1v) is 9.61. The molecule has 1 aromatic carbocycles. The van der Waals surface area contributed by atoms with Crippen LogP contribution < -0.4 is 5.48 Å². The van der Waals surface area contributed by atoms with Crippen molar-refractivity contribution >= 4 is 22.9 Å². The second-order valence-corrected chi connectivity index (χ2v) is 8.23. The Balaban J connectivity index is 2.49. The minimum absolute atomic E-state index is 0.524. The highest BCUT2D eigenvalue weighted by Gasteiger charge is 2.17. The van der Waals surface area contributed by atoms with Gasteiger partial charge in [0.1, 0.15) is 0 Å². The third-order valence-electron chi connectivity index (χ3n) is 4.80. The van der Waals surface area contributed by atoms with Crippen molar-refractivity contribution in [1.29, 1.82) is 0 Å². The van der Waals surface area contributed by atoms with E-state index in [1.165, 1.54) is 28.2 Å². The summed E-state index contributed by atoms with van der Waals surface area (Å²) in [6, 6.07) is 6.31. The minimum Gasteiger partial charge on any atom is -0.344 e. The summed E-state index contributed by atoms with van der Waals surface area (Å²) in [5.74, 6) is 0.596. The van der Waals surface area contributed by atoms with Gasteiger partial charge in [-0.3, -0.25) is 10.0 Å². The van der Waals surface area contributed by atoms with Gasteiger partial charge in [0, 0.05) is 35.8 Å². The van der Waals surface area contributed by atoms with Crippen LogP contribution in [-0.4, -0.2) is 41.2 Å². The molecule has 5 nitrogen and oxygen atoms in total. The number of fused-ring (bicyclic) bond motifs is 1. The third-order valence-corrected chi connectivity index (χ3v) is 4.80. The Morgan fingerprint density at radius 2 is 2.00 bits per heavy atom. The zero-order valence-electron chi connectivity index (χ0n) is 17.4. The molecule has 2 N–H and O–H groups in total. The topological polar surface area (TPSA) is 57.5 Å². The molecule has 5 heteroatoms. The van der Waals surface area contributed by atoms with Crippen LogP contribution in [-0.2, 0) is 17.8 Å². The highest BCUT2D eigenvalue weighted by atomic mass is 16.5. The van der Waals surface area contributed by atoms with Crippen LogP contribution in [0.5, 0.6) is 0 Å². The number of aromatic nitrogens is 1. The van der Waals surface area contributed by atoms with Crippen LogP contribution in [0.25, 0.3) is 17.0 Å². The van der Waals surface area contributed by atoms with Crippen molar-refractivity contribution in [3.05, 3.63) is 41.1 Å². The highest BCUT2D eigenvalue weighted by Crippen LogP contribution is 2.30. The van der Waals surface area contributed by atoms with Crippen molar-refractivity contribution < 1.29 is 10.0 Å². The van der Waals surface area contributed by atoms with E-state index in [0.717, 1.165) is 25.1 Å². The van der Waals surface area contributed by atoms with Crippen molar-refractivity contribution in [3.63, 3.8) is 0 Å². The lowest BCUT2D eigenvalue weighted by Gasteiger charge is -2.19. The number of benzene rings is 1. The molecule has 0 saturated carbocycles. The van der Waals surface area contributed by atoms with Crippen LogP contribution in [0.1, 0.15) is 37.6 Å². The molecule has 148 valence electrons. The molecule has 1 unspecified atom stereocenters. The van der Waals surface area contributed by atoms with E-state index in [9.17, 15) is 4.79 Å². The fourth-order valence-electron chi connectivity index (χ4n) is 3.78. The maximum atomic E-state index is 11.3. The van der Waals surface area contributed by atoms with Crippen LogP contribution in [0.4, 0.5) is 0 Å². The van der Waals surface area contributed by atoms with Gasteiger partial charge >= 0.3 is 0 Å². The number of amides is 1. The molecule has 27 heavy (non-hydrogen) atoms. The SMILES string of the molecule is Cc1c(CC(C)C)c2cc(/C=C/C(=O)NO)ccc2n1CC(C)CN(C)C. The second-order valence-electron chi connectivity index (χ2n) is 8.23. The van der Waals surface area contributed by atoms with Crippen molar-refractivity contribution in [1.82, 2.24) is 14.9 Å². The first-order chi connectivity index (χ1) is 12.7. The summed E-state index contributed by atoms with van der Waals surface area (Å²) >= 11 is 0. The number of hydroxylamine groups is 1. The van der Waals surface area contributed by atoms with Crippen molar-refractivity contribution in [3.8, 4) is 0 Å². The molecular weight excluding hydrogens is 338 g/mol. The lowest BCUT2D eigenvalue weighted by atomic mass is 9.99. The molecule has 0 aliphatic rings. The lowest BCUT2D eigenvalue weighted by molar-refractivity contribution is -0.124. The zero-order valence-corrected chi connectivity index (χ0v) is 17.4. The first-order valence-electron chi connectivity index (χ1n) is 9.61. The van der Waals surface area contributed by atoms with E-state index in [1.54, 1.807) is 11.6 Å². The number of carbonyl (C=O) groups excluding carboxylic acids is 1. The average Bonchev–Trinajstić information content (AvgIpc) is 2.83. The molecular formula is C22H33N3O2. The van der Waals surface area contributed by atoms with Crippen molar-refractivity contribution in [2.24, 2.45) is 11.8 Å². The molecule has 0 spiro atoms. The van der Waals surface area contributed by atoms with Gasteiger partial charge in [-0.05, 0) is 68.6 Å². The summed E-state index contributed by atoms with van der Waals surface area (Å²) < 4.78 is 2.44. The molecule has 1 heterocycles. The van der Waals surface area contributed by atoms with Crippen LogP contribution in [0, 0.1) is 18.8 Å². The van der Waals surface area contributed by atoms with Gasteiger partial charge in [-0.15, -0.1) is 0 Å². The standard InChI is InChI=1S/C22H33N3O2/c1-15(2)11-19-17(4)25(14-16(3)13-24(5)6)21-9-7-18(12-20(19)21)8-10-22(26)23-27/h7-10,12,15-16,27H,11,13-14H2,1-6H3,(H,23,26)/b10-8+. The predicted molar refractivity (Wildman–Crippen MR) is 112 cm³/mol. The largest absolute Gasteiger partial charge is 0.344 e. The van der Waals surface area contributed by atoms with E-state index in [4.69, 9.17) is 5.21 Å². The predicted octanol–water partition coefficient (Wildman–Crippen LogP) is 3.86. The molecule has 2 rings (SSSR count). The third kappa shape index (κ3) is 5.44. The van der Waals surface area contributed by atoms with E-state index >= 15 is 0 Å². The molecule has 1 amide bonds. The van der Waals surface area contributed by atoms with E-state index in [0.29, 0.717) is 11.8 Å². The van der Waals surface area contributed by atoms with Gasteiger partial charge in [-0.2, -0.15) is 0 Å². The fourth-order valence-corrected chi connectivity index (χ4v) is 3.78. The fraction of sp³-hybridized carbons (Fsp3) is 0.500. The van der Waals surface area contributed by atoms with Crippen molar-refractivity contribution in [2.45, 2.75) is 40.7 Å². The lowest BCUT2D eigenvalue weighted by Crippen LogP contribution is -2.23. The first kappa shape index (κ1) is 21.2. The smallest absolute Gasteiger partial charge is 0.267 e. The van der Waals surface area contributed by atoms with Crippen LogP contribution in [0.2, 0.25) is 0 Å². The minimum atomic E-state index is -0.524. The number of nitrogens with zero attached hydrogens (tertiary/aromatic N) is 2. The quantitative estimate of drug-likeness (QED) is 0.421. The molecule has 0 saturated heterocycles. The van der Waals surface area contributed by atoms with Crippen LogP contribution >= 0.6 is 0 Å². The van der Waals surface area contributed by atoms with Gasteiger partial charge in [-0.1, -0.05) is 26.8 Å². The van der Waals surface area contributed by atoms with E-state index < -0.39 is 5.91 Å². The molecule has 1 atom stereocenters. The Morgan fingerprint density at radius 1 is 1.30 bits per heavy atom. The number of rotatable bonds is 8. The average molecular weight is 372 g/mol. The monoisotopic (exact) mass is 371 g/mol. The van der Waals surface area contributed by atoms with Gasteiger partial charge < -0.3 is 9.47 Å². The number of nitrogens with one attached hydrogen (secondary N) is 1. The molecule has 0 fully saturated rings. The summed E-state index contributed by atoms with van der Waals surface area (Å²) in [5, 5.41) is 9.91. The summed E-state index contributed by atoms with van der Waals surface area (Å²) in [6.07, 6.45) is 4.10. The molecule has 0 aliphatic heterocycles. The molecule has 0 bridgehead atoms. The van der Waals surface area contributed by atoms with Gasteiger partial charge in [0.15, 0.2) is 0 Å². The number of carbonyl (C=O) groups is 1. The summed E-state index contributed by atoms with van der Waals surface area (Å²) in [5.41, 5.74) is 6.55. The molecule has 1 aromatic heterocycles. The Morgan fingerprint density at radius 3 is 2.59 bits per heavy atom. The number of hydrogen-bond donors (Lipinski definition) is 2. The van der Waals surface area contributed by atoms with Crippen molar-refractivity contribution in [2.75, 3.05) is 20.6 Å². The van der Waals surface area contributed by atoms with Gasteiger partial charge in [0.25, 0.3) is 5.91 Å². The van der Waals surface area contributed by atoms with E-state index in [2.05, 4.69) is 63.4 Å². The summed E-state index contributed by atoms with van der Waals surface area (Å²) in [6.45, 7) is 11.0. The number of hydrogen-bond acceptors (Lipinski definition) is 3. The van der Waals surface area contributed by atoms with Gasteiger partial charge in [0.05, 0.1) is 0 Å². The normalized spacial score (nSPS) is 13.2. The molecule has 2 aromatic rings. The Hall–Kier alpha value is -2.11. The maximum absolute atomic E-state index is 11.3. The van der Waals surface area contributed by atoms with Crippen LogP contribution in [0.3, 0.4) is 0 Å². The Kier molecular flexibility index (Phi) is 7.22. The zero-order chi connectivity index (χ0) is 20.1. The van der Waals surface area contributed by atoms with Gasteiger partial charge in [0.2, 0.25) is 0 Å². The van der Waals surface area contributed by atoms with Crippen LogP contribution in [0.15, 0.2) is 24.3 Å². The Labute approximate surface area is 162 Å². The maximum Gasteiger partial charge on any atom is 0.267 e. The molecule has 0 radical (unpaired) electrons. The highest BCUT2D eigenvalue weighted by molar-refractivity contribution is 5.92. The summed E-state index contributed by atoms with van der Waals surface area (Å²) in [4.78, 5) is 13.5. The van der Waals surface area contributed by atoms with Gasteiger partial charge in [-0.25, -0.2) is 5.48 Å². The molecule has 0 aliphatic carbocycles. The summed E-state index contributed by atoms with van der Waals surface area (Å²) in [7, 11) is 4.23. The second kappa shape index (κ2) is 9.20.